The highest BCUT2D eigenvalue weighted by Gasteiger charge is 2.55. The summed E-state index contributed by atoms with van der Waals surface area (Å²) < 4.78 is 0. The van der Waals surface area contributed by atoms with Crippen LogP contribution in [0.2, 0.25) is 0 Å². The molecule has 2 atom stereocenters. The van der Waals surface area contributed by atoms with E-state index in [0.29, 0.717) is 12.5 Å². The molecule has 1 aromatic rings. The summed E-state index contributed by atoms with van der Waals surface area (Å²) in [5.74, 6) is 4.89. The maximum absolute atomic E-state index is 9.33. The second-order valence-electron chi connectivity index (χ2n) is 9.22. The lowest BCUT2D eigenvalue weighted by atomic mass is 9.76. The van der Waals surface area contributed by atoms with E-state index in [4.69, 9.17) is 0 Å². The standard InChI is InChI=1S/C24H36O/c1-2-3-4-5-17-6-8-18(9-7-17)19-10-12-20(13-11-19)21-14-22-23(15-21)24(22)16-25/h10-13,17-18,21-25H,2-9,14-16H2,1H3. The number of rotatable bonds is 7. The molecule has 0 amide bonds. The molecule has 3 aliphatic carbocycles. The summed E-state index contributed by atoms with van der Waals surface area (Å²) in [4.78, 5) is 0. The summed E-state index contributed by atoms with van der Waals surface area (Å²) in [5.41, 5.74) is 3.15. The number of fused-ring (bicyclic) bond motifs is 1. The lowest BCUT2D eigenvalue weighted by Gasteiger charge is -2.29. The Hall–Kier alpha value is -0.820. The van der Waals surface area contributed by atoms with E-state index in [1.165, 1.54) is 64.2 Å². The third-order valence-corrected chi connectivity index (χ3v) is 7.78. The third-order valence-electron chi connectivity index (χ3n) is 7.78. The van der Waals surface area contributed by atoms with Gasteiger partial charge in [-0.2, -0.15) is 0 Å². The Labute approximate surface area is 154 Å². The lowest BCUT2D eigenvalue weighted by molar-refractivity contribution is 0.253. The van der Waals surface area contributed by atoms with Gasteiger partial charge >= 0.3 is 0 Å². The molecule has 1 nitrogen and oxygen atoms in total. The van der Waals surface area contributed by atoms with Gasteiger partial charge in [0.1, 0.15) is 0 Å². The highest BCUT2D eigenvalue weighted by Crippen LogP contribution is 2.61. The molecular weight excluding hydrogens is 304 g/mol. The highest BCUT2D eigenvalue weighted by molar-refractivity contribution is 5.30. The molecule has 4 rings (SSSR count). The monoisotopic (exact) mass is 340 g/mol. The van der Waals surface area contributed by atoms with E-state index in [1.54, 1.807) is 11.1 Å². The summed E-state index contributed by atoms with van der Waals surface area (Å²) in [6.45, 7) is 2.72. The van der Waals surface area contributed by atoms with E-state index in [-0.39, 0.29) is 0 Å². The van der Waals surface area contributed by atoms with Crippen LogP contribution in [0.15, 0.2) is 24.3 Å². The van der Waals surface area contributed by atoms with Crippen LogP contribution in [0, 0.1) is 23.7 Å². The van der Waals surface area contributed by atoms with Crippen molar-refractivity contribution in [2.45, 2.75) is 83.0 Å². The van der Waals surface area contributed by atoms with E-state index in [0.717, 1.165) is 29.6 Å². The summed E-state index contributed by atoms with van der Waals surface area (Å²) in [6, 6.07) is 9.72. The van der Waals surface area contributed by atoms with Gasteiger partial charge in [0.25, 0.3) is 0 Å². The van der Waals surface area contributed by atoms with Gasteiger partial charge in [0, 0.05) is 6.61 Å². The maximum Gasteiger partial charge on any atom is 0.0464 e. The van der Waals surface area contributed by atoms with Gasteiger partial charge < -0.3 is 5.11 Å². The van der Waals surface area contributed by atoms with Crippen LogP contribution in [0.5, 0.6) is 0 Å². The Bertz CT molecular complexity index is 528. The fraction of sp³-hybridized carbons (Fsp3) is 0.750. The number of hydrogen-bond acceptors (Lipinski definition) is 1. The zero-order valence-corrected chi connectivity index (χ0v) is 16.0. The normalized spacial score (nSPS) is 37.0. The van der Waals surface area contributed by atoms with Crippen molar-refractivity contribution in [1.29, 1.82) is 0 Å². The molecule has 138 valence electrons. The molecule has 0 spiro atoms. The predicted octanol–water partition coefficient (Wildman–Crippen LogP) is 6.27. The number of aliphatic hydroxyl groups excluding tert-OH is 1. The zero-order chi connectivity index (χ0) is 17.2. The first-order valence-corrected chi connectivity index (χ1v) is 11.0. The minimum Gasteiger partial charge on any atom is -0.396 e. The summed E-state index contributed by atoms with van der Waals surface area (Å²) in [5, 5.41) is 9.33. The van der Waals surface area contributed by atoms with Gasteiger partial charge in [-0.25, -0.2) is 0 Å². The summed E-state index contributed by atoms with van der Waals surface area (Å²) in [7, 11) is 0. The van der Waals surface area contributed by atoms with Gasteiger partial charge in [0.15, 0.2) is 0 Å². The van der Waals surface area contributed by atoms with Crippen LogP contribution in [0.1, 0.15) is 94.1 Å². The molecule has 1 heteroatoms. The molecule has 0 heterocycles. The third kappa shape index (κ3) is 3.82. The van der Waals surface area contributed by atoms with Gasteiger partial charge in [0.2, 0.25) is 0 Å². The van der Waals surface area contributed by atoms with Crippen LogP contribution in [0.3, 0.4) is 0 Å². The quantitative estimate of drug-likeness (QED) is 0.580. The van der Waals surface area contributed by atoms with E-state index in [9.17, 15) is 5.11 Å². The van der Waals surface area contributed by atoms with Crippen molar-refractivity contribution >= 4 is 0 Å². The lowest BCUT2D eigenvalue weighted by Crippen LogP contribution is -2.13. The van der Waals surface area contributed by atoms with Crippen molar-refractivity contribution in [3.8, 4) is 0 Å². The molecule has 2 unspecified atom stereocenters. The molecule has 0 bridgehead atoms. The fourth-order valence-electron chi connectivity index (χ4n) is 6.03. The van der Waals surface area contributed by atoms with Crippen molar-refractivity contribution < 1.29 is 5.11 Å². The molecule has 25 heavy (non-hydrogen) atoms. The van der Waals surface area contributed by atoms with Crippen LogP contribution in [-0.4, -0.2) is 11.7 Å². The Balaban J connectivity index is 1.26. The summed E-state index contributed by atoms with van der Waals surface area (Å²) in [6.07, 6.45) is 14.0. The van der Waals surface area contributed by atoms with Crippen LogP contribution < -0.4 is 0 Å². The molecule has 1 N–H and O–H groups in total. The van der Waals surface area contributed by atoms with E-state index in [1.807, 2.05) is 0 Å². The van der Waals surface area contributed by atoms with Crippen LogP contribution >= 0.6 is 0 Å². The molecule has 3 fully saturated rings. The molecule has 0 saturated heterocycles. The molecule has 0 radical (unpaired) electrons. The van der Waals surface area contributed by atoms with Crippen molar-refractivity contribution in [3.05, 3.63) is 35.4 Å². The van der Waals surface area contributed by atoms with Crippen molar-refractivity contribution in [1.82, 2.24) is 0 Å². The Morgan fingerprint density at radius 2 is 1.44 bits per heavy atom. The van der Waals surface area contributed by atoms with E-state index in [2.05, 4.69) is 31.2 Å². The smallest absolute Gasteiger partial charge is 0.0464 e. The molecule has 3 saturated carbocycles. The second-order valence-corrected chi connectivity index (χ2v) is 9.22. The molecule has 3 aliphatic rings. The first kappa shape index (κ1) is 17.6. The number of benzene rings is 1. The van der Waals surface area contributed by atoms with Gasteiger partial charge in [-0.3, -0.25) is 0 Å². The fourth-order valence-corrected chi connectivity index (χ4v) is 6.03. The predicted molar refractivity (Wildman–Crippen MR) is 105 cm³/mol. The number of hydrogen-bond donors (Lipinski definition) is 1. The van der Waals surface area contributed by atoms with Crippen LogP contribution in [0.4, 0.5) is 0 Å². The van der Waals surface area contributed by atoms with Crippen molar-refractivity contribution in [2.24, 2.45) is 23.7 Å². The first-order valence-electron chi connectivity index (χ1n) is 11.0. The van der Waals surface area contributed by atoms with Crippen LogP contribution in [0.25, 0.3) is 0 Å². The van der Waals surface area contributed by atoms with Crippen molar-refractivity contribution in [2.75, 3.05) is 6.61 Å². The Morgan fingerprint density at radius 3 is 2.00 bits per heavy atom. The summed E-state index contributed by atoms with van der Waals surface area (Å²) >= 11 is 0. The van der Waals surface area contributed by atoms with Gasteiger partial charge in [-0.15, -0.1) is 0 Å². The minimum absolute atomic E-state index is 0.419. The zero-order valence-electron chi connectivity index (χ0n) is 16.0. The van der Waals surface area contributed by atoms with E-state index >= 15 is 0 Å². The Kier molecular flexibility index (Phi) is 5.50. The average Bonchev–Trinajstić information content (AvgIpc) is 3.13. The first-order chi connectivity index (χ1) is 12.3. The van der Waals surface area contributed by atoms with Gasteiger partial charge in [-0.05, 0) is 85.2 Å². The van der Waals surface area contributed by atoms with Gasteiger partial charge in [-0.1, -0.05) is 56.9 Å². The largest absolute Gasteiger partial charge is 0.396 e. The molecule has 0 aliphatic heterocycles. The SMILES string of the molecule is CCCCCC1CCC(c2ccc(C3CC4C(CO)C4C3)cc2)CC1. The molecule has 1 aromatic carbocycles. The van der Waals surface area contributed by atoms with E-state index < -0.39 is 0 Å². The van der Waals surface area contributed by atoms with Gasteiger partial charge in [0.05, 0.1) is 0 Å². The second kappa shape index (κ2) is 7.82. The van der Waals surface area contributed by atoms with Crippen LogP contribution in [-0.2, 0) is 0 Å². The number of aliphatic hydroxyl groups is 1. The number of unbranched alkanes of at least 4 members (excludes halogenated alkanes) is 2. The Morgan fingerprint density at radius 1 is 0.840 bits per heavy atom. The van der Waals surface area contributed by atoms with Crippen molar-refractivity contribution in [3.63, 3.8) is 0 Å². The molecular formula is C24H36O. The highest BCUT2D eigenvalue weighted by atomic mass is 16.3. The maximum atomic E-state index is 9.33. The topological polar surface area (TPSA) is 20.2 Å². The molecule has 0 aromatic heterocycles. The minimum atomic E-state index is 0.419. The average molecular weight is 341 g/mol.